The highest BCUT2D eigenvalue weighted by atomic mass is 35.5. The normalized spacial score (nSPS) is 11.1. The third kappa shape index (κ3) is 4.42. The highest BCUT2D eigenvalue weighted by Gasteiger charge is 2.09. The van der Waals surface area contributed by atoms with E-state index >= 15 is 0 Å². The first kappa shape index (κ1) is 18.4. The van der Waals surface area contributed by atoms with Crippen LogP contribution in [0.1, 0.15) is 5.56 Å². The van der Waals surface area contributed by atoms with Crippen LogP contribution in [-0.4, -0.2) is 37.2 Å². The van der Waals surface area contributed by atoms with Crippen molar-refractivity contribution in [2.75, 3.05) is 27.3 Å². The average molecular weight is 375 g/mol. The van der Waals surface area contributed by atoms with E-state index in [1.165, 1.54) is 6.07 Å². The number of hydrogen-bond donors (Lipinski definition) is 0. The monoisotopic (exact) mass is 374 g/mol. The van der Waals surface area contributed by atoms with Crippen molar-refractivity contribution in [3.8, 4) is 11.5 Å². The van der Waals surface area contributed by atoms with E-state index in [4.69, 9.17) is 21.1 Å². The smallest absolute Gasteiger partial charge is 0.165 e. The quantitative estimate of drug-likeness (QED) is 0.568. The Balaban J connectivity index is 1.62. The van der Waals surface area contributed by atoms with Crippen molar-refractivity contribution in [3.05, 3.63) is 65.1 Å². The van der Waals surface area contributed by atoms with E-state index in [1.807, 2.05) is 31.3 Å². The van der Waals surface area contributed by atoms with E-state index in [-0.39, 0.29) is 11.6 Å². The number of halogens is 2. The lowest BCUT2D eigenvalue weighted by Crippen LogP contribution is -2.24. The van der Waals surface area contributed by atoms with Crippen LogP contribution in [0.15, 0.2) is 48.5 Å². The van der Waals surface area contributed by atoms with E-state index in [1.54, 1.807) is 25.3 Å². The highest BCUT2D eigenvalue weighted by Crippen LogP contribution is 2.25. The molecule has 0 aliphatic carbocycles. The Morgan fingerprint density at radius 2 is 1.96 bits per heavy atom. The fourth-order valence-electron chi connectivity index (χ4n) is 2.65. The zero-order valence-corrected chi connectivity index (χ0v) is 15.5. The molecule has 26 heavy (non-hydrogen) atoms. The predicted molar refractivity (Wildman–Crippen MR) is 102 cm³/mol. The minimum Gasteiger partial charge on any atom is -0.497 e. The van der Waals surface area contributed by atoms with Crippen molar-refractivity contribution in [1.29, 1.82) is 0 Å². The molecular formula is C20H20ClFN2O2. The van der Waals surface area contributed by atoms with Gasteiger partial charge < -0.3 is 9.47 Å². The predicted octanol–water partition coefficient (Wildman–Crippen LogP) is 4.55. The molecule has 6 heteroatoms. The summed E-state index contributed by atoms with van der Waals surface area (Å²) in [4.78, 5) is 6.51. The molecule has 1 aromatic heterocycles. The summed E-state index contributed by atoms with van der Waals surface area (Å²) in [5, 5.41) is 1.47. The summed E-state index contributed by atoms with van der Waals surface area (Å²) in [5.74, 6) is 0.656. The second-order valence-electron chi connectivity index (χ2n) is 6.01. The van der Waals surface area contributed by atoms with E-state index < -0.39 is 0 Å². The number of para-hydroxylation sites is 1. The molecule has 1 heterocycles. The van der Waals surface area contributed by atoms with Gasteiger partial charge in [-0.1, -0.05) is 23.7 Å². The van der Waals surface area contributed by atoms with Crippen LogP contribution in [0.4, 0.5) is 4.39 Å². The molecule has 0 saturated heterocycles. The van der Waals surface area contributed by atoms with Crippen LogP contribution in [0.2, 0.25) is 5.15 Å². The first-order chi connectivity index (χ1) is 12.6. The second kappa shape index (κ2) is 8.34. The van der Waals surface area contributed by atoms with Gasteiger partial charge >= 0.3 is 0 Å². The Bertz CT molecular complexity index is 904. The number of likely N-dealkylation sites (N-methyl/N-ethyl adjacent to an activating group) is 1. The maximum absolute atomic E-state index is 13.5. The first-order valence-corrected chi connectivity index (χ1v) is 8.63. The minimum absolute atomic E-state index is 0.264. The number of nitrogens with zero attached hydrogens (tertiary/aromatic N) is 2. The molecule has 0 bridgehead atoms. The molecule has 3 rings (SSSR count). The maximum atomic E-state index is 13.5. The first-order valence-electron chi connectivity index (χ1n) is 8.26. The lowest BCUT2D eigenvalue weighted by atomic mass is 10.1. The zero-order chi connectivity index (χ0) is 18.5. The van der Waals surface area contributed by atoms with Gasteiger partial charge in [0.25, 0.3) is 0 Å². The number of aromatic nitrogens is 1. The van der Waals surface area contributed by atoms with Crippen LogP contribution in [0.5, 0.6) is 11.5 Å². The van der Waals surface area contributed by atoms with Crippen LogP contribution in [-0.2, 0) is 6.54 Å². The van der Waals surface area contributed by atoms with Crippen LogP contribution < -0.4 is 9.47 Å². The molecule has 0 spiro atoms. The molecule has 0 amide bonds. The Morgan fingerprint density at radius 1 is 1.15 bits per heavy atom. The third-order valence-corrected chi connectivity index (χ3v) is 4.39. The van der Waals surface area contributed by atoms with Gasteiger partial charge in [-0.15, -0.1) is 0 Å². The molecule has 3 aromatic rings. The van der Waals surface area contributed by atoms with Crippen LogP contribution in [0.25, 0.3) is 10.9 Å². The summed E-state index contributed by atoms with van der Waals surface area (Å²) < 4.78 is 24.2. The number of pyridine rings is 1. The molecule has 0 radical (unpaired) electrons. The molecule has 0 N–H and O–H groups in total. The summed E-state index contributed by atoms with van der Waals surface area (Å²) in [6.07, 6.45) is 0. The lowest BCUT2D eigenvalue weighted by Gasteiger charge is -2.18. The van der Waals surface area contributed by atoms with Gasteiger partial charge in [-0.25, -0.2) is 9.37 Å². The Hall–Kier alpha value is -2.37. The van der Waals surface area contributed by atoms with E-state index in [9.17, 15) is 4.39 Å². The Kier molecular flexibility index (Phi) is 5.91. The standard InChI is InChI=1S/C20H20ClFN2O2/c1-24(9-10-26-19-6-4-3-5-17(19)22)13-15-11-14-7-8-16(25-2)12-18(14)23-20(15)21/h3-8,11-12H,9-10,13H2,1-2H3. The fourth-order valence-corrected chi connectivity index (χ4v) is 2.85. The molecule has 0 aliphatic heterocycles. The maximum Gasteiger partial charge on any atom is 0.165 e. The second-order valence-corrected chi connectivity index (χ2v) is 6.37. The van der Waals surface area contributed by atoms with Gasteiger partial charge in [-0.05, 0) is 37.4 Å². The summed E-state index contributed by atoms with van der Waals surface area (Å²) in [7, 11) is 3.58. The fraction of sp³-hybridized carbons (Fsp3) is 0.250. The molecule has 0 aliphatic rings. The minimum atomic E-state index is -0.354. The third-order valence-electron chi connectivity index (χ3n) is 4.06. The molecule has 0 fully saturated rings. The van der Waals surface area contributed by atoms with Gasteiger partial charge in [0.2, 0.25) is 0 Å². The Morgan fingerprint density at radius 3 is 2.73 bits per heavy atom. The largest absolute Gasteiger partial charge is 0.497 e. The molecule has 0 saturated carbocycles. The Labute approximate surface area is 157 Å². The summed E-state index contributed by atoms with van der Waals surface area (Å²) >= 11 is 6.33. The van der Waals surface area contributed by atoms with Crippen LogP contribution in [0.3, 0.4) is 0 Å². The van der Waals surface area contributed by atoms with Crippen LogP contribution >= 0.6 is 11.6 Å². The summed E-state index contributed by atoms with van der Waals surface area (Å²) in [5.41, 5.74) is 1.72. The van der Waals surface area contributed by atoms with Crippen molar-refractivity contribution in [2.24, 2.45) is 0 Å². The zero-order valence-electron chi connectivity index (χ0n) is 14.7. The van der Waals surface area contributed by atoms with Crippen molar-refractivity contribution in [1.82, 2.24) is 9.88 Å². The topological polar surface area (TPSA) is 34.6 Å². The van der Waals surface area contributed by atoms with E-state index in [0.29, 0.717) is 24.8 Å². The molecule has 0 atom stereocenters. The van der Waals surface area contributed by atoms with E-state index in [0.717, 1.165) is 22.2 Å². The number of hydrogen-bond acceptors (Lipinski definition) is 4. The van der Waals surface area contributed by atoms with Crippen molar-refractivity contribution in [3.63, 3.8) is 0 Å². The van der Waals surface area contributed by atoms with Gasteiger partial charge in [0, 0.05) is 30.1 Å². The number of ether oxygens (including phenoxy) is 2. The summed E-state index contributed by atoms with van der Waals surface area (Å²) in [6, 6.07) is 14.1. The van der Waals surface area contributed by atoms with Gasteiger partial charge in [0.1, 0.15) is 17.5 Å². The van der Waals surface area contributed by atoms with Crippen molar-refractivity contribution in [2.45, 2.75) is 6.54 Å². The van der Waals surface area contributed by atoms with Crippen LogP contribution in [0, 0.1) is 5.82 Å². The van der Waals surface area contributed by atoms with Gasteiger partial charge in [0.05, 0.1) is 12.6 Å². The SMILES string of the molecule is COc1ccc2cc(CN(C)CCOc3ccccc3F)c(Cl)nc2c1. The van der Waals surface area contributed by atoms with Gasteiger partial charge in [0.15, 0.2) is 11.6 Å². The molecule has 4 nitrogen and oxygen atoms in total. The molecule has 0 unspecified atom stereocenters. The number of methoxy groups -OCH3 is 1. The van der Waals surface area contributed by atoms with Gasteiger partial charge in [-0.2, -0.15) is 0 Å². The summed E-state index contributed by atoms with van der Waals surface area (Å²) in [6.45, 7) is 1.63. The van der Waals surface area contributed by atoms with Gasteiger partial charge in [-0.3, -0.25) is 4.90 Å². The number of fused-ring (bicyclic) bond motifs is 1. The average Bonchev–Trinajstić information content (AvgIpc) is 2.63. The molecule has 136 valence electrons. The highest BCUT2D eigenvalue weighted by molar-refractivity contribution is 6.30. The number of benzene rings is 2. The molecular weight excluding hydrogens is 355 g/mol. The van der Waals surface area contributed by atoms with Crippen molar-refractivity contribution < 1.29 is 13.9 Å². The van der Waals surface area contributed by atoms with Crippen molar-refractivity contribution >= 4 is 22.5 Å². The lowest BCUT2D eigenvalue weighted by molar-refractivity contribution is 0.226. The number of rotatable bonds is 7. The molecule has 2 aromatic carbocycles. The van der Waals surface area contributed by atoms with E-state index in [2.05, 4.69) is 9.88 Å².